The fraction of sp³-hybridized carbons (Fsp3) is 0.824. The van der Waals surface area contributed by atoms with Crippen molar-refractivity contribution in [1.82, 2.24) is 4.90 Å². The normalized spacial score (nSPS) is 14.2. The molecule has 0 aromatic carbocycles. The Labute approximate surface area is 137 Å². The van der Waals surface area contributed by atoms with E-state index < -0.39 is 26.1 Å². The zero-order valence-corrected chi connectivity index (χ0v) is 16.7. The van der Waals surface area contributed by atoms with Crippen LogP contribution in [0.3, 0.4) is 0 Å². The number of likely N-dealkylation sites (N-methyl/N-ethyl adjacent to an activating group) is 1. The van der Waals surface area contributed by atoms with E-state index in [1.165, 1.54) is 4.90 Å². The molecule has 0 N–H and O–H groups in total. The Balaban J connectivity index is 4.67. The molecule has 0 rings (SSSR count). The highest BCUT2D eigenvalue weighted by Gasteiger charge is 2.31. The molecule has 1 amide bonds. The third-order valence-corrected chi connectivity index (χ3v) is 5.79. The Kier molecular flexibility index (Phi) is 7.18. The maximum atomic E-state index is 12.1. The molecule has 5 heteroatoms. The monoisotopic (exact) mass is 327 g/mol. The summed E-state index contributed by atoms with van der Waals surface area (Å²) in [5.74, 6) is 2.63. The molecule has 1 atom stereocenters. The molecule has 0 aliphatic rings. The first-order valence-corrected chi connectivity index (χ1v) is 10.8. The number of nitrogens with zero attached hydrogens (tertiary/aromatic N) is 1. The number of hydrogen-bond acceptors (Lipinski definition) is 3. The van der Waals surface area contributed by atoms with Gasteiger partial charge in [-0.3, -0.25) is 4.90 Å². The molecule has 0 heterocycles. The summed E-state index contributed by atoms with van der Waals surface area (Å²) in [5, 5.41) is 0. The fourth-order valence-corrected chi connectivity index (χ4v) is 5.63. The minimum atomic E-state index is -1.82. The van der Waals surface area contributed by atoms with E-state index in [0.717, 1.165) is 6.04 Å². The second-order valence-corrected chi connectivity index (χ2v) is 12.7. The average molecular weight is 328 g/mol. The lowest BCUT2D eigenvalue weighted by molar-refractivity contribution is 0.0224. The van der Waals surface area contributed by atoms with Gasteiger partial charge in [-0.1, -0.05) is 26.7 Å². The Hall–Kier alpha value is -0.993. The molecule has 0 aromatic rings. The van der Waals surface area contributed by atoms with Gasteiger partial charge in [-0.15, -0.1) is 6.42 Å². The maximum Gasteiger partial charge on any atom is 0.411 e. The van der Waals surface area contributed by atoms with Gasteiger partial charge in [0.05, 0.1) is 6.61 Å². The van der Waals surface area contributed by atoms with E-state index in [4.69, 9.17) is 15.6 Å². The standard InChI is InChI=1S/C17H33NO3Si/c1-11-14(18(8)15(19)21-17(5,6)7)12-20-22(9,10)13-16(2,3)4/h1,14H,12-13H2,2-10H3/t14-/m0/s1. The quantitative estimate of drug-likeness (QED) is 0.563. The Morgan fingerprint density at radius 1 is 1.23 bits per heavy atom. The number of terminal acetylenes is 1. The van der Waals surface area contributed by atoms with Crippen LogP contribution in [0.1, 0.15) is 41.5 Å². The molecule has 0 unspecified atom stereocenters. The molecular weight excluding hydrogens is 294 g/mol. The molecule has 0 bridgehead atoms. The largest absolute Gasteiger partial charge is 0.444 e. The van der Waals surface area contributed by atoms with E-state index in [1.807, 2.05) is 20.8 Å². The van der Waals surface area contributed by atoms with Crippen LogP contribution >= 0.6 is 0 Å². The van der Waals surface area contributed by atoms with Crippen molar-refractivity contribution in [3.63, 3.8) is 0 Å². The molecule has 4 nitrogen and oxygen atoms in total. The van der Waals surface area contributed by atoms with Gasteiger partial charge in [-0.25, -0.2) is 4.79 Å². The van der Waals surface area contributed by atoms with Crippen LogP contribution in [-0.4, -0.2) is 44.6 Å². The lowest BCUT2D eigenvalue weighted by Crippen LogP contribution is -2.45. The molecule has 22 heavy (non-hydrogen) atoms. The highest BCUT2D eigenvalue weighted by molar-refractivity contribution is 6.71. The van der Waals surface area contributed by atoms with Crippen molar-refractivity contribution >= 4 is 14.4 Å². The van der Waals surface area contributed by atoms with Gasteiger partial charge < -0.3 is 9.16 Å². The Morgan fingerprint density at radius 3 is 2.09 bits per heavy atom. The first-order chi connectivity index (χ1) is 9.67. The number of amides is 1. The van der Waals surface area contributed by atoms with Gasteiger partial charge in [0.1, 0.15) is 11.6 Å². The average Bonchev–Trinajstić information content (AvgIpc) is 2.23. The Morgan fingerprint density at radius 2 is 1.73 bits per heavy atom. The summed E-state index contributed by atoms with van der Waals surface area (Å²) in [6, 6.07) is 0.620. The third kappa shape index (κ3) is 9.11. The van der Waals surface area contributed by atoms with Crippen LogP contribution in [0.2, 0.25) is 19.1 Å². The maximum absolute atomic E-state index is 12.1. The van der Waals surface area contributed by atoms with E-state index >= 15 is 0 Å². The zero-order chi connectivity index (χ0) is 17.8. The van der Waals surface area contributed by atoms with E-state index in [-0.39, 0.29) is 5.41 Å². The highest BCUT2D eigenvalue weighted by Crippen LogP contribution is 2.28. The predicted octanol–water partition coefficient (Wildman–Crippen LogP) is 4.12. The minimum Gasteiger partial charge on any atom is -0.444 e. The van der Waals surface area contributed by atoms with Crippen molar-refractivity contribution in [2.24, 2.45) is 5.41 Å². The van der Waals surface area contributed by atoms with E-state index in [0.29, 0.717) is 6.61 Å². The highest BCUT2D eigenvalue weighted by atomic mass is 28.4. The van der Waals surface area contributed by atoms with Crippen LogP contribution in [0.15, 0.2) is 0 Å². The summed E-state index contributed by atoms with van der Waals surface area (Å²) >= 11 is 0. The van der Waals surface area contributed by atoms with E-state index in [9.17, 15) is 4.79 Å². The van der Waals surface area contributed by atoms with Crippen molar-refractivity contribution < 1.29 is 14.0 Å². The molecule has 0 aromatic heterocycles. The van der Waals surface area contributed by atoms with Crippen LogP contribution in [-0.2, 0) is 9.16 Å². The predicted molar refractivity (Wildman–Crippen MR) is 94.3 cm³/mol. The number of hydrogen-bond donors (Lipinski definition) is 0. The summed E-state index contributed by atoms with van der Waals surface area (Å²) in [7, 11) is -0.167. The van der Waals surface area contributed by atoms with Gasteiger partial charge in [0.15, 0.2) is 8.32 Å². The van der Waals surface area contributed by atoms with Gasteiger partial charge >= 0.3 is 6.09 Å². The molecule has 0 radical (unpaired) electrons. The van der Waals surface area contributed by atoms with Crippen LogP contribution in [0.5, 0.6) is 0 Å². The van der Waals surface area contributed by atoms with Gasteiger partial charge in [0.25, 0.3) is 0 Å². The molecule has 0 fully saturated rings. The second kappa shape index (κ2) is 7.52. The van der Waals surface area contributed by atoms with Gasteiger partial charge in [-0.2, -0.15) is 0 Å². The van der Waals surface area contributed by atoms with Gasteiger partial charge in [0, 0.05) is 7.05 Å². The molecule has 0 aliphatic heterocycles. The summed E-state index contributed by atoms with van der Waals surface area (Å²) in [6.45, 7) is 16.8. The van der Waals surface area contributed by atoms with Crippen molar-refractivity contribution in [3.05, 3.63) is 0 Å². The molecule has 128 valence electrons. The van der Waals surface area contributed by atoms with Crippen molar-refractivity contribution in [2.45, 2.75) is 72.3 Å². The smallest absolute Gasteiger partial charge is 0.411 e. The van der Waals surface area contributed by atoms with E-state index in [1.54, 1.807) is 7.05 Å². The summed E-state index contributed by atoms with van der Waals surface area (Å²) < 4.78 is 11.4. The second-order valence-electron chi connectivity index (χ2n) is 8.58. The summed E-state index contributed by atoms with van der Waals surface area (Å²) in [4.78, 5) is 13.5. The molecule has 0 spiro atoms. The van der Waals surface area contributed by atoms with Crippen molar-refractivity contribution in [2.75, 3.05) is 13.7 Å². The third-order valence-electron chi connectivity index (χ3n) is 2.93. The lowest BCUT2D eigenvalue weighted by Gasteiger charge is -2.33. The SMILES string of the molecule is C#C[C@@H](CO[Si](C)(C)CC(C)(C)C)N(C)C(=O)OC(C)(C)C. The van der Waals surface area contributed by atoms with Crippen LogP contribution in [0.25, 0.3) is 0 Å². The first-order valence-electron chi connectivity index (χ1n) is 7.73. The number of rotatable bonds is 5. The van der Waals surface area contributed by atoms with Gasteiger partial charge in [0.2, 0.25) is 0 Å². The van der Waals surface area contributed by atoms with Crippen LogP contribution in [0.4, 0.5) is 4.79 Å². The molecule has 0 aliphatic carbocycles. The fourth-order valence-electron chi connectivity index (χ4n) is 2.37. The molecule has 0 saturated heterocycles. The zero-order valence-electron chi connectivity index (χ0n) is 15.7. The first kappa shape index (κ1) is 21.0. The lowest BCUT2D eigenvalue weighted by atomic mass is 10.0. The number of carbonyl (C=O) groups is 1. The molecule has 0 saturated carbocycles. The van der Waals surface area contributed by atoms with E-state index in [2.05, 4.69) is 39.8 Å². The van der Waals surface area contributed by atoms with Crippen molar-refractivity contribution in [3.8, 4) is 12.3 Å². The van der Waals surface area contributed by atoms with Crippen LogP contribution in [0, 0.1) is 17.8 Å². The molecular formula is C17H33NO3Si. The van der Waals surface area contributed by atoms with Gasteiger partial charge in [-0.05, 0) is 45.3 Å². The van der Waals surface area contributed by atoms with Crippen molar-refractivity contribution in [1.29, 1.82) is 0 Å². The Bertz CT molecular complexity index is 413. The summed E-state index contributed by atoms with van der Waals surface area (Å²) in [6.07, 6.45) is 5.15. The minimum absolute atomic E-state index is 0.221. The summed E-state index contributed by atoms with van der Waals surface area (Å²) in [5.41, 5.74) is -0.315. The van der Waals surface area contributed by atoms with Crippen LogP contribution < -0.4 is 0 Å². The topological polar surface area (TPSA) is 38.8 Å². The number of ether oxygens (including phenoxy) is 1. The number of carbonyl (C=O) groups excluding carboxylic acids is 1.